The molecule has 148 valence electrons. The van der Waals surface area contributed by atoms with E-state index in [1.807, 2.05) is 91.1 Å². The summed E-state index contributed by atoms with van der Waals surface area (Å²) in [5.41, 5.74) is 3.81. The van der Waals surface area contributed by atoms with Crippen molar-refractivity contribution in [1.29, 1.82) is 0 Å². The van der Waals surface area contributed by atoms with Crippen LogP contribution in [0.5, 0.6) is 0 Å². The summed E-state index contributed by atoms with van der Waals surface area (Å²) in [5, 5.41) is 8.47. The maximum Gasteiger partial charge on any atom is 0.240 e. The fraction of sp³-hybridized carbons (Fsp3) is 0.227. The zero-order chi connectivity index (χ0) is 20.4. The van der Waals surface area contributed by atoms with Crippen molar-refractivity contribution in [2.75, 3.05) is 18.5 Å². The number of hydrogen-bond acceptors (Lipinski definition) is 5. The Balaban J connectivity index is 1.50. The highest BCUT2D eigenvalue weighted by atomic mass is 32.1. The summed E-state index contributed by atoms with van der Waals surface area (Å²) in [6.45, 7) is 4.21. The number of rotatable bonds is 6. The van der Waals surface area contributed by atoms with Crippen LogP contribution in [0.3, 0.4) is 0 Å². The number of anilines is 1. The van der Waals surface area contributed by atoms with E-state index in [4.69, 9.17) is 4.98 Å². The molecular weight excluding hydrogens is 382 g/mol. The molecule has 29 heavy (non-hydrogen) atoms. The van der Waals surface area contributed by atoms with Gasteiger partial charge in [-0.3, -0.25) is 4.79 Å². The maximum atomic E-state index is 12.5. The second-order valence-electron chi connectivity index (χ2n) is 7.04. The van der Waals surface area contributed by atoms with Gasteiger partial charge in [0.25, 0.3) is 0 Å². The number of carbonyl (C=O) groups excluding carboxylic acids is 1. The average Bonchev–Trinajstić information content (AvgIpc) is 3.30. The van der Waals surface area contributed by atoms with Crippen LogP contribution in [-0.2, 0) is 4.79 Å². The molecule has 0 fully saturated rings. The molecule has 1 amide bonds. The molecule has 1 N–H and O–H groups in total. The van der Waals surface area contributed by atoms with Gasteiger partial charge in [-0.25, -0.2) is 4.68 Å². The van der Waals surface area contributed by atoms with Crippen molar-refractivity contribution in [3.8, 4) is 5.69 Å². The first-order chi connectivity index (χ1) is 14.0. The number of carbonyl (C=O) groups is 1. The number of aromatic nitrogens is 3. The minimum Gasteiger partial charge on any atom is -0.348 e. The van der Waals surface area contributed by atoms with Crippen LogP contribution in [0.2, 0.25) is 0 Å². The summed E-state index contributed by atoms with van der Waals surface area (Å²) in [5.74, 6) is -0.0375. The summed E-state index contributed by atoms with van der Waals surface area (Å²) in [4.78, 5) is 19.2. The number of hydrogen-bond donors (Lipinski definition) is 1. The van der Waals surface area contributed by atoms with E-state index in [2.05, 4.69) is 10.4 Å². The molecule has 7 heteroatoms. The van der Waals surface area contributed by atoms with Crippen LogP contribution < -0.4 is 10.2 Å². The third-order valence-electron chi connectivity index (χ3n) is 4.76. The molecule has 2 aromatic carbocycles. The Morgan fingerprint density at radius 1 is 1.14 bits per heavy atom. The lowest BCUT2D eigenvalue weighted by atomic mass is 10.1. The van der Waals surface area contributed by atoms with Crippen molar-refractivity contribution >= 4 is 32.7 Å². The maximum absolute atomic E-state index is 12.5. The molecule has 0 radical (unpaired) electrons. The van der Waals surface area contributed by atoms with Crippen molar-refractivity contribution in [3.05, 3.63) is 71.9 Å². The fourth-order valence-electron chi connectivity index (χ4n) is 3.23. The zero-order valence-corrected chi connectivity index (χ0v) is 17.5. The second kappa shape index (κ2) is 8.05. The highest BCUT2D eigenvalue weighted by Crippen LogP contribution is 2.31. The minimum absolute atomic E-state index is 0.0375. The average molecular weight is 406 g/mol. The van der Waals surface area contributed by atoms with Gasteiger partial charge < -0.3 is 10.2 Å². The number of aryl methyl sites for hydroxylation is 1. The van der Waals surface area contributed by atoms with Gasteiger partial charge in [-0.05, 0) is 31.5 Å². The monoisotopic (exact) mass is 405 g/mol. The van der Waals surface area contributed by atoms with E-state index in [0.717, 1.165) is 32.4 Å². The van der Waals surface area contributed by atoms with Crippen molar-refractivity contribution in [2.24, 2.45) is 0 Å². The Morgan fingerprint density at radius 2 is 1.79 bits per heavy atom. The number of nitrogens with zero attached hydrogens (tertiary/aromatic N) is 4. The Labute approximate surface area is 173 Å². The number of benzene rings is 2. The normalized spacial score (nSPS) is 12.1. The Hall–Kier alpha value is -3.19. The van der Waals surface area contributed by atoms with Gasteiger partial charge in [-0.15, -0.1) is 0 Å². The van der Waals surface area contributed by atoms with Crippen LogP contribution in [0.15, 0.2) is 60.7 Å². The topological polar surface area (TPSA) is 63.1 Å². The predicted molar refractivity (Wildman–Crippen MR) is 118 cm³/mol. The van der Waals surface area contributed by atoms with Crippen LogP contribution >= 0.6 is 11.3 Å². The van der Waals surface area contributed by atoms with E-state index in [9.17, 15) is 4.79 Å². The first-order valence-electron chi connectivity index (χ1n) is 9.50. The summed E-state index contributed by atoms with van der Waals surface area (Å²) < 4.78 is 2.89. The van der Waals surface area contributed by atoms with E-state index in [1.54, 1.807) is 11.3 Å². The van der Waals surface area contributed by atoms with Crippen molar-refractivity contribution in [1.82, 2.24) is 20.1 Å². The molecule has 0 saturated heterocycles. The van der Waals surface area contributed by atoms with E-state index in [-0.39, 0.29) is 18.5 Å². The van der Waals surface area contributed by atoms with Gasteiger partial charge >= 0.3 is 0 Å². The van der Waals surface area contributed by atoms with Crippen LogP contribution in [0.1, 0.15) is 24.2 Å². The standard InChI is InChI=1S/C22H23N5OS/c1-15(17-10-6-4-7-11-17)23-19(28)14-26(3)22-24-21-20(29-22)16(2)25-27(21)18-12-8-5-9-13-18/h4-13,15H,14H2,1-3H3,(H,23,28)/t15-/m0/s1. The lowest BCUT2D eigenvalue weighted by molar-refractivity contribution is -0.120. The third kappa shape index (κ3) is 4.00. The van der Waals surface area contributed by atoms with E-state index in [1.165, 1.54) is 0 Å². The molecule has 0 aliphatic carbocycles. The van der Waals surface area contributed by atoms with Crippen LogP contribution in [0.25, 0.3) is 16.0 Å². The van der Waals surface area contributed by atoms with Crippen LogP contribution in [-0.4, -0.2) is 34.3 Å². The van der Waals surface area contributed by atoms with Gasteiger partial charge in [0.2, 0.25) is 5.91 Å². The van der Waals surface area contributed by atoms with Crippen LogP contribution in [0, 0.1) is 6.92 Å². The number of likely N-dealkylation sites (N-methyl/N-ethyl adjacent to an activating group) is 1. The summed E-state index contributed by atoms with van der Waals surface area (Å²) in [6, 6.07) is 19.9. The molecule has 0 aliphatic rings. The number of nitrogens with one attached hydrogen (secondary N) is 1. The van der Waals surface area contributed by atoms with E-state index >= 15 is 0 Å². The molecule has 0 spiro atoms. The van der Waals surface area contributed by atoms with Gasteiger partial charge in [0.15, 0.2) is 10.8 Å². The van der Waals surface area contributed by atoms with Crippen molar-refractivity contribution in [3.63, 3.8) is 0 Å². The molecule has 2 heterocycles. The quantitative estimate of drug-likeness (QED) is 0.524. The smallest absolute Gasteiger partial charge is 0.240 e. The lowest BCUT2D eigenvalue weighted by Gasteiger charge is -2.18. The molecule has 4 rings (SSSR count). The van der Waals surface area contributed by atoms with Gasteiger partial charge in [0, 0.05) is 7.05 Å². The second-order valence-corrected chi connectivity index (χ2v) is 8.02. The summed E-state index contributed by atoms with van der Waals surface area (Å²) >= 11 is 1.56. The van der Waals surface area contributed by atoms with E-state index in [0.29, 0.717) is 0 Å². The van der Waals surface area contributed by atoms with Crippen molar-refractivity contribution < 1.29 is 4.79 Å². The SMILES string of the molecule is Cc1nn(-c2ccccc2)c2nc(N(C)CC(=O)N[C@@H](C)c3ccccc3)sc12. The molecule has 0 saturated carbocycles. The molecule has 4 aromatic rings. The van der Waals surface area contributed by atoms with Crippen LogP contribution in [0.4, 0.5) is 5.13 Å². The first kappa shape index (κ1) is 19.1. The Kier molecular flexibility index (Phi) is 5.31. The Morgan fingerprint density at radius 3 is 2.48 bits per heavy atom. The Bertz CT molecular complexity index is 1120. The summed E-state index contributed by atoms with van der Waals surface area (Å²) in [6.07, 6.45) is 0. The predicted octanol–water partition coefficient (Wildman–Crippen LogP) is 4.10. The third-order valence-corrected chi connectivity index (χ3v) is 6.03. The molecule has 0 unspecified atom stereocenters. The molecule has 2 aromatic heterocycles. The largest absolute Gasteiger partial charge is 0.348 e. The fourth-order valence-corrected chi connectivity index (χ4v) is 4.18. The van der Waals surface area contributed by atoms with Gasteiger partial charge in [0.1, 0.15) is 0 Å². The number of thiazole rings is 1. The number of para-hydroxylation sites is 1. The molecule has 0 bridgehead atoms. The first-order valence-corrected chi connectivity index (χ1v) is 10.3. The zero-order valence-electron chi connectivity index (χ0n) is 16.7. The summed E-state index contributed by atoms with van der Waals surface area (Å²) in [7, 11) is 1.89. The molecular formula is C22H23N5OS. The minimum atomic E-state index is -0.0404. The van der Waals surface area contributed by atoms with E-state index < -0.39 is 0 Å². The number of fused-ring (bicyclic) bond motifs is 1. The molecule has 0 aliphatic heterocycles. The lowest BCUT2D eigenvalue weighted by Crippen LogP contribution is -2.36. The van der Waals surface area contributed by atoms with Gasteiger partial charge in [-0.1, -0.05) is 59.9 Å². The molecule has 1 atom stereocenters. The highest BCUT2D eigenvalue weighted by molar-refractivity contribution is 7.22. The van der Waals surface area contributed by atoms with Crippen molar-refractivity contribution in [2.45, 2.75) is 19.9 Å². The number of amides is 1. The molecule has 6 nitrogen and oxygen atoms in total. The highest BCUT2D eigenvalue weighted by Gasteiger charge is 2.19. The van der Waals surface area contributed by atoms with Gasteiger partial charge in [-0.2, -0.15) is 10.1 Å². The van der Waals surface area contributed by atoms with Gasteiger partial charge in [0.05, 0.1) is 28.7 Å².